The summed E-state index contributed by atoms with van der Waals surface area (Å²) in [5.41, 5.74) is 0.950. The number of carbonyl (C=O) groups excluding carboxylic acids is 3. The summed E-state index contributed by atoms with van der Waals surface area (Å²) >= 11 is 3.32. The van der Waals surface area contributed by atoms with E-state index in [0.29, 0.717) is 24.1 Å². The van der Waals surface area contributed by atoms with Gasteiger partial charge in [0.05, 0.1) is 12.1 Å². The van der Waals surface area contributed by atoms with Gasteiger partial charge in [0.25, 0.3) is 0 Å². The monoisotopic (exact) mass is 430 g/mol. The number of carbonyl (C=O) groups is 3. The molecule has 0 spiro atoms. The molecule has 1 heterocycles. The van der Waals surface area contributed by atoms with E-state index >= 15 is 0 Å². The van der Waals surface area contributed by atoms with Crippen molar-refractivity contribution in [3.63, 3.8) is 0 Å². The van der Waals surface area contributed by atoms with Crippen LogP contribution in [0.2, 0.25) is 0 Å². The van der Waals surface area contributed by atoms with Crippen molar-refractivity contribution >= 4 is 33.6 Å². The van der Waals surface area contributed by atoms with Crippen LogP contribution in [0.5, 0.6) is 0 Å². The lowest BCUT2D eigenvalue weighted by molar-refractivity contribution is -0.148. The Morgan fingerprint density at radius 2 is 1.74 bits per heavy atom. The molecule has 0 aromatic heterocycles. The van der Waals surface area contributed by atoms with Crippen molar-refractivity contribution < 1.29 is 19.2 Å². The lowest BCUT2D eigenvalue weighted by Gasteiger charge is -2.22. The van der Waals surface area contributed by atoms with E-state index in [1.165, 1.54) is 5.06 Å². The van der Waals surface area contributed by atoms with Gasteiger partial charge in [-0.2, -0.15) is 0 Å². The normalized spacial score (nSPS) is 16.7. The van der Waals surface area contributed by atoms with E-state index in [4.69, 9.17) is 4.84 Å². The molecule has 2 aromatic carbocycles. The van der Waals surface area contributed by atoms with Gasteiger partial charge >= 0.3 is 5.97 Å². The fraction of sp³-hybridized carbons (Fsp3) is 0.250. The minimum Gasteiger partial charge on any atom is -0.363 e. The third-order valence-corrected chi connectivity index (χ3v) is 4.83. The van der Waals surface area contributed by atoms with E-state index in [1.54, 1.807) is 48.5 Å². The van der Waals surface area contributed by atoms with Crippen LogP contribution in [0.1, 0.15) is 33.6 Å². The Balaban J connectivity index is 1.54. The van der Waals surface area contributed by atoms with Crippen LogP contribution in [-0.2, 0) is 9.63 Å². The number of nitrogens with one attached hydrogen (secondary N) is 1. The maximum Gasteiger partial charge on any atom is 0.357 e. The van der Waals surface area contributed by atoms with Gasteiger partial charge in [0, 0.05) is 16.6 Å². The van der Waals surface area contributed by atoms with Gasteiger partial charge in [0.2, 0.25) is 5.91 Å². The van der Waals surface area contributed by atoms with E-state index < -0.39 is 12.0 Å². The van der Waals surface area contributed by atoms with E-state index in [-0.39, 0.29) is 18.2 Å². The summed E-state index contributed by atoms with van der Waals surface area (Å²) in [6, 6.07) is 15.0. The highest BCUT2D eigenvalue weighted by Crippen LogP contribution is 2.19. The number of hydroxylamine groups is 2. The molecule has 1 saturated heterocycles. The van der Waals surface area contributed by atoms with Gasteiger partial charge in [-0.1, -0.05) is 46.3 Å². The number of Topliss-reactive ketones (excluding diaryl/α,β-unsaturated/α-hetero) is 1. The first-order chi connectivity index (χ1) is 13.0. The molecule has 27 heavy (non-hydrogen) atoms. The molecule has 0 aliphatic carbocycles. The molecule has 1 unspecified atom stereocenters. The highest BCUT2D eigenvalue weighted by Gasteiger charge is 2.34. The topological polar surface area (TPSA) is 75.7 Å². The maximum absolute atomic E-state index is 12.5. The number of rotatable bonds is 6. The molecule has 1 N–H and O–H groups in total. The van der Waals surface area contributed by atoms with E-state index in [1.807, 2.05) is 6.07 Å². The Bertz CT molecular complexity index is 824. The highest BCUT2D eigenvalue weighted by atomic mass is 79.9. The van der Waals surface area contributed by atoms with Gasteiger partial charge in [-0.25, -0.2) is 4.79 Å². The van der Waals surface area contributed by atoms with Crippen molar-refractivity contribution in [3.8, 4) is 0 Å². The second kappa shape index (κ2) is 8.92. The third kappa shape index (κ3) is 5.02. The predicted octanol–water partition coefficient (Wildman–Crippen LogP) is 2.98. The number of ketones is 1. The third-order valence-electron chi connectivity index (χ3n) is 4.31. The molecule has 1 atom stereocenters. The summed E-state index contributed by atoms with van der Waals surface area (Å²) in [7, 11) is 0. The summed E-state index contributed by atoms with van der Waals surface area (Å²) in [6.07, 6.45) is 1.31. The summed E-state index contributed by atoms with van der Waals surface area (Å²) in [5, 5.41) is 4.04. The van der Waals surface area contributed by atoms with E-state index in [9.17, 15) is 14.4 Å². The van der Waals surface area contributed by atoms with E-state index in [2.05, 4.69) is 21.2 Å². The molecule has 1 fully saturated rings. The summed E-state index contributed by atoms with van der Waals surface area (Å²) in [5.74, 6) is -0.998. The van der Waals surface area contributed by atoms with Crippen molar-refractivity contribution in [2.75, 3.05) is 13.1 Å². The lowest BCUT2D eigenvalue weighted by Crippen LogP contribution is -2.45. The van der Waals surface area contributed by atoms with Crippen LogP contribution in [0.15, 0.2) is 59.1 Å². The van der Waals surface area contributed by atoms with Crippen LogP contribution < -0.4 is 5.32 Å². The molecule has 6 nitrogen and oxygen atoms in total. The smallest absolute Gasteiger partial charge is 0.357 e. The minimum atomic E-state index is -0.588. The van der Waals surface area contributed by atoms with Gasteiger partial charge in [-0.05, 0) is 37.1 Å². The standard InChI is InChI=1S/C20H19BrN2O4/c21-16-10-8-14(9-11-16)18(24)13-22-19(25)17-7-4-12-23(17)27-20(26)15-5-2-1-3-6-15/h1-3,5-6,8-11,17H,4,7,12-13H2,(H,22,25). The van der Waals surface area contributed by atoms with Crippen LogP contribution in [0.4, 0.5) is 0 Å². The zero-order chi connectivity index (χ0) is 19.2. The first-order valence-corrected chi connectivity index (χ1v) is 9.44. The van der Waals surface area contributed by atoms with Crippen LogP contribution in [0, 0.1) is 0 Å². The van der Waals surface area contributed by atoms with E-state index in [0.717, 1.165) is 10.9 Å². The SMILES string of the molecule is O=C(CNC(=O)C1CCCN1OC(=O)c1ccccc1)c1ccc(Br)cc1. The molecule has 1 aliphatic heterocycles. The zero-order valence-electron chi connectivity index (χ0n) is 14.6. The summed E-state index contributed by atoms with van der Waals surface area (Å²) < 4.78 is 0.880. The van der Waals surface area contributed by atoms with Gasteiger partial charge in [-0.15, -0.1) is 5.06 Å². The average Bonchev–Trinajstić information content (AvgIpc) is 3.15. The first kappa shape index (κ1) is 19.3. The number of halogens is 1. The number of amides is 1. The Hall–Kier alpha value is -2.51. The average molecular weight is 431 g/mol. The number of benzene rings is 2. The molecule has 140 valence electrons. The van der Waals surface area contributed by atoms with Crippen molar-refractivity contribution in [2.45, 2.75) is 18.9 Å². The van der Waals surface area contributed by atoms with Crippen molar-refractivity contribution in [3.05, 3.63) is 70.2 Å². The quantitative estimate of drug-likeness (QED) is 0.712. The second-order valence-corrected chi connectivity index (χ2v) is 7.11. The van der Waals surface area contributed by atoms with Crippen LogP contribution in [0.25, 0.3) is 0 Å². The zero-order valence-corrected chi connectivity index (χ0v) is 16.1. The van der Waals surface area contributed by atoms with Crippen LogP contribution in [0.3, 0.4) is 0 Å². The largest absolute Gasteiger partial charge is 0.363 e. The molecule has 1 amide bonds. The van der Waals surface area contributed by atoms with Gasteiger partial charge in [0.1, 0.15) is 6.04 Å². The Labute approximate surface area is 165 Å². The number of hydrogen-bond acceptors (Lipinski definition) is 5. The summed E-state index contributed by atoms with van der Waals surface area (Å²) in [4.78, 5) is 42.2. The molecular weight excluding hydrogens is 412 g/mol. The molecule has 3 rings (SSSR count). The molecule has 0 bridgehead atoms. The Morgan fingerprint density at radius 1 is 1.04 bits per heavy atom. The molecule has 2 aromatic rings. The van der Waals surface area contributed by atoms with Gasteiger partial charge in [-0.3, -0.25) is 9.59 Å². The number of hydrogen-bond donors (Lipinski definition) is 1. The van der Waals surface area contributed by atoms with Crippen molar-refractivity contribution in [1.29, 1.82) is 0 Å². The predicted molar refractivity (Wildman–Crippen MR) is 103 cm³/mol. The Morgan fingerprint density at radius 3 is 2.44 bits per heavy atom. The van der Waals surface area contributed by atoms with Crippen molar-refractivity contribution in [2.24, 2.45) is 0 Å². The fourth-order valence-corrected chi connectivity index (χ4v) is 3.13. The molecule has 1 aliphatic rings. The van der Waals surface area contributed by atoms with Gasteiger partial charge < -0.3 is 10.2 Å². The fourth-order valence-electron chi connectivity index (χ4n) is 2.87. The molecule has 7 heteroatoms. The molecular formula is C20H19BrN2O4. The second-order valence-electron chi connectivity index (χ2n) is 6.19. The van der Waals surface area contributed by atoms with Crippen molar-refractivity contribution in [1.82, 2.24) is 10.4 Å². The maximum atomic E-state index is 12.5. The van der Waals surface area contributed by atoms with Gasteiger partial charge in [0.15, 0.2) is 5.78 Å². The minimum absolute atomic E-state index is 0.0998. The molecule has 0 saturated carbocycles. The number of nitrogens with zero attached hydrogens (tertiary/aromatic N) is 1. The molecule has 0 radical (unpaired) electrons. The van der Waals surface area contributed by atoms with Crippen LogP contribution in [-0.4, -0.2) is 41.9 Å². The Kier molecular flexibility index (Phi) is 6.36. The first-order valence-electron chi connectivity index (χ1n) is 8.65. The summed E-state index contributed by atoms with van der Waals surface area (Å²) in [6.45, 7) is 0.384. The lowest BCUT2D eigenvalue weighted by atomic mass is 10.1. The van der Waals surface area contributed by atoms with Crippen LogP contribution >= 0.6 is 15.9 Å². The highest BCUT2D eigenvalue weighted by molar-refractivity contribution is 9.10.